The standard InChI is InChI=1S/C58H70O6S/c1-37-27-49-51(57(9,59)31-37)39(3)33-55(7,63-49)25-23-53(5,47-17-13-15-41-29-43(61-11)19-21-45(41)47)35-65-36-54(6,48-18-14-16-42-30-44(62-12)20-22-46(42)48)24-26-56(8)34-40(4)52-50(64-56)28-38(2)32-58(52,10)60/h13-22,27-32,59-60H,23-26,33-36H2,1-12H3. The highest BCUT2D eigenvalue weighted by Crippen LogP contribution is 2.50. The minimum absolute atomic E-state index is 0.231. The van der Waals surface area contributed by atoms with Gasteiger partial charge in [-0.2, -0.15) is 11.8 Å². The van der Waals surface area contributed by atoms with E-state index in [0.717, 1.165) is 95.3 Å². The van der Waals surface area contributed by atoms with Crippen molar-refractivity contribution >= 4 is 33.3 Å². The summed E-state index contributed by atoms with van der Waals surface area (Å²) in [6.45, 7) is 21.5. The molecule has 4 aromatic carbocycles. The maximum Gasteiger partial charge on any atom is 0.126 e. The van der Waals surface area contributed by atoms with Crippen molar-refractivity contribution in [2.24, 2.45) is 0 Å². The fraction of sp³-hybridized carbons (Fsp3) is 0.448. The number of rotatable bonds is 14. The van der Waals surface area contributed by atoms with Crippen molar-refractivity contribution in [1.29, 1.82) is 0 Å². The summed E-state index contributed by atoms with van der Waals surface area (Å²) in [5.41, 5.74) is 5.41. The molecule has 4 aromatic rings. The molecule has 6 atom stereocenters. The Morgan fingerprint density at radius 1 is 0.600 bits per heavy atom. The number of fused-ring (bicyclic) bond motifs is 4. The van der Waals surface area contributed by atoms with Gasteiger partial charge in [0.25, 0.3) is 0 Å². The predicted octanol–water partition coefficient (Wildman–Crippen LogP) is 13.7. The molecular formula is C58H70O6S. The first-order valence-electron chi connectivity index (χ1n) is 23.4. The van der Waals surface area contributed by atoms with E-state index in [9.17, 15) is 10.2 Å². The molecule has 0 spiro atoms. The zero-order valence-corrected chi connectivity index (χ0v) is 41.6. The summed E-state index contributed by atoms with van der Waals surface area (Å²) >= 11 is 2.04. The lowest BCUT2D eigenvalue weighted by molar-refractivity contribution is -0.0107. The van der Waals surface area contributed by atoms with Gasteiger partial charge in [-0.1, -0.05) is 73.5 Å². The van der Waals surface area contributed by atoms with Gasteiger partial charge in [-0.3, -0.25) is 0 Å². The molecule has 0 amide bonds. The quantitative estimate of drug-likeness (QED) is 0.131. The van der Waals surface area contributed by atoms with Gasteiger partial charge in [0.05, 0.1) is 14.2 Å². The van der Waals surface area contributed by atoms with Crippen LogP contribution in [0.4, 0.5) is 0 Å². The van der Waals surface area contributed by atoms with Crippen LogP contribution >= 0.6 is 11.8 Å². The molecule has 6 nitrogen and oxygen atoms in total. The topological polar surface area (TPSA) is 77.4 Å². The molecule has 4 aliphatic rings. The summed E-state index contributed by atoms with van der Waals surface area (Å²) < 4.78 is 25.3. The SMILES string of the molecule is COc1ccc2c(C(C)(CCC3(C)CC(C)=C4C(=CC(C)=CC4(C)O)O3)CSCC(C)(CCC3(C)CC(C)=C4C(=CC(C)=CC4(C)O)O3)c3cccc4cc(OC)ccc34)cccc2c1. The lowest BCUT2D eigenvalue weighted by Gasteiger charge is -2.45. The van der Waals surface area contributed by atoms with Gasteiger partial charge in [0.1, 0.15) is 45.4 Å². The Morgan fingerprint density at radius 3 is 1.38 bits per heavy atom. The van der Waals surface area contributed by atoms with E-state index >= 15 is 0 Å². The first-order valence-corrected chi connectivity index (χ1v) is 24.5. The van der Waals surface area contributed by atoms with Crippen molar-refractivity contribution in [1.82, 2.24) is 0 Å². The number of ether oxygens (including phenoxy) is 4. The molecule has 2 aliphatic heterocycles. The van der Waals surface area contributed by atoms with E-state index in [0.29, 0.717) is 0 Å². The van der Waals surface area contributed by atoms with Crippen LogP contribution in [-0.2, 0) is 20.3 Å². The number of aliphatic hydroxyl groups is 2. The maximum atomic E-state index is 11.5. The minimum atomic E-state index is -1.05. The number of hydrogen-bond acceptors (Lipinski definition) is 7. The lowest BCUT2D eigenvalue weighted by Crippen LogP contribution is -2.41. The second-order valence-corrected chi connectivity index (χ2v) is 22.2. The Bertz CT molecular complexity index is 2540. The molecule has 8 rings (SSSR count). The molecule has 0 bridgehead atoms. The molecule has 6 unspecified atom stereocenters. The van der Waals surface area contributed by atoms with Gasteiger partial charge in [-0.05, 0) is 173 Å². The fourth-order valence-corrected chi connectivity index (χ4v) is 13.4. The molecule has 0 saturated heterocycles. The third kappa shape index (κ3) is 9.23. The van der Waals surface area contributed by atoms with Crippen LogP contribution in [0.25, 0.3) is 21.5 Å². The molecule has 344 valence electrons. The van der Waals surface area contributed by atoms with Crippen LogP contribution in [0, 0.1) is 0 Å². The van der Waals surface area contributed by atoms with Gasteiger partial charge in [-0.15, -0.1) is 0 Å². The first-order chi connectivity index (χ1) is 30.6. The number of thioether (sulfide) groups is 1. The van der Waals surface area contributed by atoms with Crippen molar-refractivity contribution in [3.05, 3.63) is 153 Å². The van der Waals surface area contributed by atoms with E-state index in [-0.39, 0.29) is 10.8 Å². The van der Waals surface area contributed by atoms with Crippen LogP contribution in [0.15, 0.2) is 142 Å². The summed E-state index contributed by atoms with van der Waals surface area (Å²) in [5, 5.41) is 27.8. The molecule has 2 aliphatic carbocycles. The van der Waals surface area contributed by atoms with E-state index in [1.54, 1.807) is 14.2 Å². The molecule has 0 saturated carbocycles. The predicted molar refractivity (Wildman–Crippen MR) is 270 cm³/mol. The molecule has 0 fully saturated rings. The molecular weight excluding hydrogens is 825 g/mol. The smallest absolute Gasteiger partial charge is 0.126 e. The zero-order chi connectivity index (χ0) is 46.7. The molecule has 2 heterocycles. The van der Waals surface area contributed by atoms with E-state index < -0.39 is 22.4 Å². The highest BCUT2D eigenvalue weighted by atomic mass is 32.2. The summed E-state index contributed by atoms with van der Waals surface area (Å²) in [5.74, 6) is 5.10. The van der Waals surface area contributed by atoms with Gasteiger partial charge < -0.3 is 29.2 Å². The maximum absolute atomic E-state index is 11.5. The Labute approximate surface area is 392 Å². The van der Waals surface area contributed by atoms with Crippen LogP contribution in [0.2, 0.25) is 0 Å². The Hall–Kier alpha value is -4.69. The van der Waals surface area contributed by atoms with Crippen molar-refractivity contribution in [3.8, 4) is 11.5 Å². The first kappa shape index (κ1) is 46.8. The normalized spacial score (nSPS) is 27.3. The highest BCUT2D eigenvalue weighted by Gasteiger charge is 2.45. The van der Waals surface area contributed by atoms with Gasteiger partial charge in [0, 0.05) is 46.3 Å². The third-order valence-corrected chi connectivity index (χ3v) is 16.5. The molecule has 7 heteroatoms. The molecule has 65 heavy (non-hydrogen) atoms. The summed E-state index contributed by atoms with van der Waals surface area (Å²) in [6.07, 6.45) is 13.0. The van der Waals surface area contributed by atoms with Crippen LogP contribution in [0.5, 0.6) is 11.5 Å². The van der Waals surface area contributed by atoms with Crippen molar-refractivity contribution in [2.75, 3.05) is 25.7 Å². The van der Waals surface area contributed by atoms with Crippen LogP contribution < -0.4 is 9.47 Å². The van der Waals surface area contributed by atoms with Gasteiger partial charge in [0.2, 0.25) is 0 Å². The molecule has 0 radical (unpaired) electrons. The van der Waals surface area contributed by atoms with E-state index in [1.165, 1.54) is 43.8 Å². The number of allylic oxidation sites excluding steroid dienone is 4. The minimum Gasteiger partial charge on any atom is -0.497 e. The Morgan fingerprint density at radius 2 is 1.00 bits per heavy atom. The van der Waals surface area contributed by atoms with Crippen molar-refractivity contribution in [3.63, 3.8) is 0 Å². The molecule has 2 N–H and O–H groups in total. The van der Waals surface area contributed by atoms with Gasteiger partial charge >= 0.3 is 0 Å². The summed E-state index contributed by atoms with van der Waals surface area (Å²) in [7, 11) is 3.46. The second kappa shape index (κ2) is 17.2. The van der Waals surface area contributed by atoms with Gasteiger partial charge in [0.15, 0.2) is 0 Å². The number of benzene rings is 4. The Balaban J connectivity index is 1.13. The van der Waals surface area contributed by atoms with E-state index in [1.807, 2.05) is 51.6 Å². The largest absolute Gasteiger partial charge is 0.497 e. The van der Waals surface area contributed by atoms with Gasteiger partial charge in [-0.25, -0.2) is 0 Å². The Kier molecular flexibility index (Phi) is 12.4. The number of hydrogen-bond donors (Lipinski definition) is 2. The fourth-order valence-electron chi connectivity index (χ4n) is 11.8. The second-order valence-electron chi connectivity index (χ2n) is 21.3. The van der Waals surface area contributed by atoms with E-state index in [2.05, 4.69) is 126 Å². The van der Waals surface area contributed by atoms with Crippen molar-refractivity contribution in [2.45, 2.75) is 141 Å². The third-order valence-electron chi connectivity index (χ3n) is 14.8. The summed E-state index contributed by atoms with van der Waals surface area (Å²) in [6, 6.07) is 26.3. The highest BCUT2D eigenvalue weighted by molar-refractivity contribution is 7.99. The van der Waals surface area contributed by atoms with Crippen LogP contribution in [0.1, 0.15) is 119 Å². The average Bonchev–Trinajstić information content (AvgIpc) is 3.22. The van der Waals surface area contributed by atoms with Crippen molar-refractivity contribution < 1.29 is 29.2 Å². The lowest BCUT2D eigenvalue weighted by atomic mass is 9.73. The molecule has 0 aromatic heterocycles. The average molecular weight is 895 g/mol. The monoisotopic (exact) mass is 894 g/mol. The van der Waals surface area contributed by atoms with E-state index in [4.69, 9.17) is 18.9 Å². The zero-order valence-electron chi connectivity index (χ0n) is 40.8. The number of methoxy groups -OCH3 is 2. The van der Waals surface area contributed by atoms with Crippen LogP contribution in [-0.4, -0.2) is 58.3 Å². The summed E-state index contributed by atoms with van der Waals surface area (Å²) in [4.78, 5) is 0. The van der Waals surface area contributed by atoms with Crippen LogP contribution in [0.3, 0.4) is 0 Å².